The lowest BCUT2D eigenvalue weighted by atomic mass is 10.2. The van der Waals surface area contributed by atoms with Crippen LogP contribution in [0.15, 0.2) is 41.1 Å². The van der Waals surface area contributed by atoms with Gasteiger partial charge in [0, 0.05) is 32.4 Å². The van der Waals surface area contributed by atoms with Gasteiger partial charge in [-0.3, -0.25) is 9.88 Å². The fourth-order valence-electron chi connectivity index (χ4n) is 2.88. The number of pyridine rings is 1. The number of hydrogen-bond acceptors (Lipinski definition) is 8. The fourth-order valence-corrected chi connectivity index (χ4v) is 2.88. The fraction of sp³-hybridized carbons (Fsp3) is 0.353. The van der Waals surface area contributed by atoms with Crippen LogP contribution in [0.2, 0.25) is 0 Å². The van der Waals surface area contributed by atoms with Gasteiger partial charge in [0.2, 0.25) is 5.89 Å². The van der Waals surface area contributed by atoms with Crippen molar-refractivity contribution in [3.05, 3.63) is 48.2 Å². The highest BCUT2D eigenvalue weighted by Gasteiger charge is 2.20. The summed E-state index contributed by atoms with van der Waals surface area (Å²) in [6.45, 7) is 6.16. The van der Waals surface area contributed by atoms with E-state index in [0.717, 1.165) is 43.4 Å². The molecule has 0 bridgehead atoms. The molecule has 4 rings (SSSR count). The monoisotopic (exact) mass is 337 g/mol. The zero-order valence-electron chi connectivity index (χ0n) is 14.0. The largest absolute Gasteiger partial charge is 0.353 e. The molecule has 1 aliphatic heterocycles. The van der Waals surface area contributed by atoms with Crippen LogP contribution < -0.4 is 4.90 Å². The zero-order valence-corrected chi connectivity index (χ0v) is 14.0. The average Bonchev–Trinajstić information content (AvgIpc) is 3.08. The standard InChI is InChI=1S/C17H19N7O/c1-13-19-17(25-22-13)12-23-8-10-24(11-9-23)16-6-5-15(20-21-16)14-4-2-3-7-18-14/h2-7H,8-12H2,1H3. The van der Waals surface area contributed by atoms with Gasteiger partial charge >= 0.3 is 0 Å². The number of hydrogen-bond donors (Lipinski definition) is 0. The molecule has 0 unspecified atom stereocenters. The van der Waals surface area contributed by atoms with Crippen molar-refractivity contribution in [3.8, 4) is 11.4 Å². The molecule has 128 valence electrons. The Morgan fingerprint density at radius 1 is 1.00 bits per heavy atom. The summed E-state index contributed by atoms with van der Waals surface area (Å²) in [4.78, 5) is 13.1. The number of piperazine rings is 1. The van der Waals surface area contributed by atoms with E-state index in [0.29, 0.717) is 18.3 Å². The van der Waals surface area contributed by atoms with Gasteiger partial charge in [0.15, 0.2) is 11.6 Å². The van der Waals surface area contributed by atoms with E-state index in [9.17, 15) is 0 Å². The van der Waals surface area contributed by atoms with Crippen LogP contribution in [0.1, 0.15) is 11.7 Å². The highest BCUT2D eigenvalue weighted by Crippen LogP contribution is 2.18. The summed E-state index contributed by atoms with van der Waals surface area (Å²) >= 11 is 0. The van der Waals surface area contributed by atoms with Crippen LogP contribution in [0, 0.1) is 6.92 Å². The molecule has 1 saturated heterocycles. The van der Waals surface area contributed by atoms with Crippen molar-refractivity contribution in [2.75, 3.05) is 31.1 Å². The minimum Gasteiger partial charge on any atom is -0.353 e. The van der Waals surface area contributed by atoms with E-state index in [4.69, 9.17) is 4.52 Å². The number of nitrogens with zero attached hydrogens (tertiary/aromatic N) is 7. The Labute approximate surface area is 145 Å². The first-order valence-corrected chi connectivity index (χ1v) is 8.29. The normalized spacial score (nSPS) is 15.5. The minimum atomic E-state index is 0.672. The third-order valence-electron chi connectivity index (χ3n) is 4.20. The van der Waals surface area contributed by atoms with Crippen molar-refractivity contribution in [1.29, 1.82) is 0 Å². The molecule has 3 aromatic rings. The number of aromatic nitrogens is 5. The molecule has 1 aliphatic rings. The Balaban J connectivity index is 1.36. The van der Waals surface area contributed by atoms with Crippen LogP contribution in [0.4, 0.5) is 5.82 Å². The summed E-state index contributed by atoms with van der Waals surface area (Å²) < 4.78 is 5.19. The SMILES string of the molecule is Cc1noc(CN2CCN(c3ccc(-c4ccccn4)nn3)CC2)n1. The Morgan fingerprint density at radius 3 is 2.52 bits per heavy atom. The van der Waals surface area contributed by atoms with E-state index in [1.54, 1.807) is 6.20 Å². The van der Waals surface area contributed by atoms with Crippen LogP contribution in [0.5, 0.6) is 0 Å². The maximum atomic E-state index is 5.19. The van der Waals surface area contributed by atoms with Gasteiger partial charge in [-0.1, -0.05) is 11.2 Å². The van der Waals surface area contributed by atoms with Crippen molar-refractivity contribution in [2.45, 2.75) is 13.5 Å². The number of aryl methyl sites for hydroxylation is 1. The first kappa shape index (κ1) is 15.6. The van der Waals surface area contributed by atoms with Crippen LogP contribution >= 0.6 is 0 Å². The molecular formula is C17H19N7O. The van der Waals surface area contributed by atoms with Crippen LogP contribution in [0.25, 0.3) is 11.4 Å². The van der Waals surface area contributed by atoms with E-state index < -0.39 is 0 Å². The van der Waals surface area contributed by atoms with Gasteiger partial charge in [0.25, 0.3) is 0 Å². The Kier molecular flexibility index (Phi) is 4.34. The number of anilines is 1. The second-order valence-corrected chi connectivity index (χ2v) is 5.99. The lowest BCUT2D eigenvalue weighted by molar-refractivity contribution is 0.215. The molecule has 0 N–H and O–H groups in total. The molecule has 0 aliphatic carbocycles. The lowest BCUT2D eigenvalue weighted by Gasteiger charge is -2.34. The average molecular weight is 337 g/mol. The molecular weight excluding hydrogens is 318 g/mol. The molecule has 0 spiro atoms. The molecule has 4 heterocycles. The third kappa shape index (κ3) is 3.63. The molecule has 8 nitrogen and oxygen atoms in total. The quantitative estimate of drug-likeness (QED) is 0.709. The molecule has 0 aromatic carbocycles. The van der Waals surface area contributed by atoms with Crippen molar-refractivity contribution >= 4 is 5.82 Å². The van der Waals surface area contributed by atoms with Crippen molar-refractivity contribution in [2.24, 2.45) is 0 Å². The van der Waals surface area contributed by atoms with Gasteiger partial charge in [-0.25, -0.2) is 0 Å². The number of rotatable bonds is 4. The second-order valence-electron chi connectivity index (χ2n) is 5.99. The Hall–Kier alpha value is -2.87. The smallest absolute Gasteiger partial charge is 0.240 e. The van der Waals surface area contributed by atoms with E-state index >= 15 is 0 Å². The van der Waals surface area contributed by atoms with E-state index in [1.165, 1.54) is 0 Å². The van der Waals surface area contributed by atoms with E-state index in [1.807, 2.05) is 37.3 Å². The summed E-state index contributed by atoms with van der Waals surface area (Å²) in [6, 6.07) is 9.75. The third-order valence-corrected chi connectivity index (χ3v) is 4.20. The van der Waals surface area contributed by atoms with Crippen LogP contribution in [0.3, 0.4) is 0 Å². The predicted octanol–water partition coefficient (Wildman–Crippen LogP) is 1.55. The van der Waals surface area contributed by atoms with Crippen molar-refractivity contribution < 1.29 is 4.52 Å². The first-order valence-electron chi connectivity index (χ1n) is 8.29. The van der Waals surface area contributed by atoms with Gasteiger partial charge in [-0.15, -0.1) is 10.2 Å². The summed E-state index contributed by atoms with van der Waals surface area (Å²) in [5.74, 6) is 2.25. The van der Waals surface area contributed by atoms with Gasteiger partial charge in [0.1, 0.15) is 5.69 Å². The molecule has 0 atom stereocenters. The van der Waals surface area contributed by atoms with Crippen molar-refractivity contribution in [3.63, 3.8) is 0 Å². The highest BCUT2D eigenvalue weighted by atomic mass is 16.5. The summed E-state index contributed by atoms with van der Waals surface area (Å²) in [5, 5.41) is 12.5. The Bertz CT molecular complexity index is 811. The minimum absolute atomic E-state index is 0.672. The molecule has 1 fully saturated rings. The van der Waals surface area contributed by atoms with Gasteiger partial charge in [-0.2, -0.15) is 4.98 Å². The summed E-state index contributed by atoms with van der Waals surface area (Å²) in [5.41, 5.74) is 1.62. The van der Waals surface area contributed by atoms with E-state index in [-0.39, 0.29) is 0 Å². The zero-order chi connectivity index (χ0) is 17.1. The maximum absolute atomic E-state index is 5.19. The molecule has 0 amide bonds. The van der Waals surface area contributed by atoms with Gasteiger partial charge in [-0.05, 0) is 31.2 Å². The second kappa shape index (κ2) is 6.94. The molecule has 0 saturated carbocycles. The Morgan fingerprint density at radius 2 is 1.88 bits per heavy atom. The highest BCUT2D eigenvalue weighted by molar-refractivity contribution is 5.54. The van der Waals surface area contributed by atoms with Crippen LogP contribution in [-0.2, 0) is 6.54 Å². The van der Waals surface area contributed by atoms with Gasteiger partial charge in [0.05, 0.1) is 12.2 Å². The predicted molar refractivity (Wildman–Crippen MR) is 91.8 cm³/mol. The molecule has 8 heteroatoms. The van der Waals surface area contributed by atoms with E-state index in [2.05, 4.69) is 35.1 Å². The maximum Gasteiger partial charge on any atom is 0.240 e. The van der Waals surface area contributed by atoms with Crippen LogP contribution in [-0.4, -0.2) is 56.4 Å². The first-order chi connectivity index (χ1) is 12.3. The van der Waals surface area contributed by atoms with Gasteiger partial charge < -0.3 is 9.42 Å². The summed E-state index contributed by atoms with van der Waals surface area (Å²) in [7, 11) is 0. The molecule has 3 aromatic heterocycles. The molecule has 0 radical (unpaired) electrons. The lowest BCUT2D eigenvalue weighted by Crippen LogP contribution is -2.46. The topological polar surface area (TPSA) is 84.1 Å². The molecule has 25 heavy (non-hydrogen) atoms. The van der Waals surface area contributed by atoms with Crippen molar-refractivity contribution in [1.82, 2.24) is 30.2 Å². The summed E-state index contributed by atoms with van der Waals surface area (Å²) in [6.07, 6.45) is 1.76.